The molecule has 2 aromatic heterocycles. The topological polar surface area (TPSA) is 54.5 Å². The number of nitrogens with zero attached hydrogens (tertiary/aromatic N) is 4. The van der Waals surface area contributed by atoms with Gasteiger partial charge in [0.25, 0.3) is 0 Å². The summed E-state index contributed by atoms with van der Waals surface area (Å²) in [5.41, 5.74) is 1.91. The number of halogens is 1. The summed E-state index contributed by atoms with van der Waals surface area (Å²) in [6.07, 6.45) is 1.67. The van der Waals surface area contributed by atoms with E-state index in [2.05, 4.69) is 25.9 Å². The summed E-state index contributed by atoms with van der Waals surface area (Å²) in [5, 5.41) is 10.4. The van der Waals surface area contributed by atoms with Gasteiger partial charge in [0.2, 0.25) is 5.82 Å². The SMILES string of the molecule is Cn1c(CBr)cc2cnc(C#N)nc21. The van der Waals surface area contributed by atoms with Gasteiger partial charge in [0, 0.05) is 29.7 Å². The van der Waals surface area contributed by atoms with Crippen LogP contribution in [0.1, 0.15) is 11.5 Å². The number of aromatic nitrogens is 3. The van der Waals surface area contributed by atoms with Crippen molar-refractivity contribution in [1.82, 2.24) is 14.5 Å². The van der Waals surface area contributed by atoms with Gasteiger partial charge in [-0.15, -0.1) is 0 Å². The number of fused-ring (bicyclic) bond motifs is 1. The third-order valence-electron chi connectivity index (χ3n) is 2.10. The molecule has 2 heterocycles. The van der Waals surface area contributed by atoms with Gasteiger partial charge in [-0.3, -0.25) is 0 Å². The first-order chi connectivity index (χ1) is 6.76. The van der Waals surface area contributed by atoms with Crippen molar-refractivity contribution in [3.63, 3.8) is 0 Å². The van der Waals surface area contributed by atoms with E-state index in [4.69, 9.17) is 5.26 Å². The van der Waals surface area contributed by atoms with Gasteiger partial charge >= 0.3 is 0 Å². The highest BCUT2D eigenvalue weighted by Crippen LogP contribution is 2.17. The molecule has 0 saturated heterocycles. The number of rotatable bonds is 1. The molecular formula is C9H7BrN4. The van der Waals surface area contributed by atoms with Crippen LogP contribution in [-0.4, -0.2) is 14.5 Å². The van der Waals surface area contributed by atoms with E-state index in [9.17, 15) is 0 Å². The number of hydrogen-bond acceptors (Lipinski definition) is 3. The Hall–Kier alpha value is -1.41. The van der Waals surface area contributed by atoms with E-state index < -0.39 is 0 Å². The highest BCUT2D eigenvalue weighted by atomic mass is 79.9. The molecular weight excluding hydrogens is 244 g/mol. The minimum absolute atomic E-state index is 0.208. The molecule has 70 valence electrons. The van der Waals surface area contributed by atoms with Crippen LogP contribution in [0.5, 0.6) is 0 Å². The molecule has 2 rings (SSSR count). The predicted molar refractivity (Wildman–Crippen MR) is 55.9 cm³/mol. The quantitative estimate of drug-likeness (QED) is 0.725. The average Bonchev–Trinajstić information content (AvgIpc) is 2.55. The minimum atomic E-state index is 0.208. The second kappa shape index (κ2) is 3.39. The summed E-state index contributed by atoms with van der Waals surface area (Å²) in [5.74, 6) is 0.208. The molecule has 0 bridgehead atoms. The fraction of sp³-hybridized carbons (Fsp3) is 0.222. The third kappa shape index (κ3) is 1.28. The Morgan fingerprint density at radius 2 is 2.43 bits per heavy atom. The zero-order valence-corrected chi connectivity index (χ0v) is 9.11. The summed E-state index contributed by atoms with van der Waals surface area (Å²) in [7, 11) is 1.92. The summed E-state index contributed by atoms with van der Waals surface area (Å²) in [6, 6.07) is 3.93. The Labute approximate surface area is 89.3 Å². The standard InChI is InChI=1S/C9H7BrN4/c1-14-7(3-10)2-6-5-12-8(4-11)13-9(6)14/h2,5H,3H2,1H3. The monoisotopic (exact) mass is 250 g/mol. The van der Waals surface area contributed by atoms with Crippen molar-refractivity contribution in [2.75, 3.05) is 0 Å². The molecule has 0 saturated carbocycles. The third-order valence-corrected chi connectivity index (χ3v) is 2.68. The van der Waals surface area contributed by atoms with Crippen LogP contribution in [-0.2, 0) is 12.4 Å². The van der Waals surface area contributed by atoms with Crippen molar-refractivity contribution in [1.29, 1.82) is 5.26 Å². The first kappa shape index (κ1) is 9.16. The number of aryl methyl sites for hydroxylation is 1. The average molecular weight is 251 g/mol. The fourth-order valence-corrected chi connectivity index (χ4v) is 1.89. The second-order valence-corrected chi connectivity index (χ2v) is 3.47. The molecule has 4 nitrogen and oxygen atoms in total. The van der Waals surface area contributed by atoms with E-state index >= 15 is 0 Å². The zero-order valence-electron chi connectivity index (χ0n) is 7.53. The smallest absolute Gasteiger partial charge is 0.234 e. The van der Waals surface area contributed by atoms with Gasteiger partial charge in [0.1, 0.15) is 11.7 Å². The molecule has 0 unspecified atom stereocenters. The Kier molecular flexibility index (Phi) is 2.22. The maximum atomic E-state index is 8.66. The minimum Gasteiger partial charge on any atom is -0.332 e. The molecule has 5 heteroatoms. The number of nitriles is 1. The van der Waals surface area contributed by atoms with Crippen LogP contribution >= 0.6 is 15.9 Å². The molecule has 0 aliphatic heterocycles. The van der Waals surface area contributed by atoms with E-state index in [1.54, 1.807) is 6.20 Å². The lowest BCUT2D eigenvalue weighted by atomic mass is 10.4. The Morgan fingerprint density at radius 1 is 1.64 bits per heavy atom. The lowest BCUT2D eigenvalue weighted by Crippen LogP contribution is -1.96. The van der Waals surface area contributed by atoms with Crippen LogP contribution in [0.4, 0.5) is 0 Å². The van der Waals surface area contributed by atoms with Crippen molar-refractivity contribution >= 4 is 27.0 Å². The molecule has 0 N–H and O–H groups in total. The van der Waals surface area contributed by atoms with Crippen molar-refractivity contribution in [3.8, 4) is 6.07 Å². The summed E-state index contributed by atoms with van der Waals surface area (Å²) in [6.45, 7) is 0. The molecule has 14 heavy (non-hydrogen) atoms. The molecule has 0 aliphatic carbocycles. The second-order valence-electron chi connectivity index (χ2n) is 2.91. The van der Waals surface area contributed by atoms with Crippen molar-refractivity contribution in [3.05, 3.63) is 23.8 Å². The Balaban J connectivity index is 2.75. The van der Waals surface area contributed by atoms with Crippen LogP contribution in [0.2, 0.25) is 0 Å². The van der Waals surface area contributed by atoms with Crippen molar-refractivity contribution in [2.45, 2.75) is 5.33 Å². The maximum absolute atomic E-state index is 8.66. The van der Waals surface area contributed by atoms with Gasteiger partial charge in [0.15, 0.2) is 0 Å². The molecule has 0 fully saturated rings. The first-order valence-corrected chi connectivity index (χ1v) is 5.16. The van der Waals surface area contributed by atoms with Crippen LogP contribution < -0.4 is 0 Å². The maximum Gasteiger partial charge on any atom is 0.234 e. The van der Waals surface area contributed by atoms with Crippen molar-refractivity contribution in [2.24, 2.45) is 7.05 Å². The normalized spacial score (nSPS) is 10.4. The Morgan fingerprint density at radius 3 is 3.07 bits per heavy atom. The highest BCUT2D eigenvalue weighted by Gasteiger charge is 2.07. The number of alkyl halides is 1. The lowest BCUT2D eigenvalue weighted by molar-refractivity contribution is 0.891. The van der Waals surface area contributed by atoms with Crippen LogP contribution in [0, 0.1) is 11.3 Å². The summed E-state index contributed by atoms with van der Waals surface area (Å²) < 4.78 is 1.95. The van der Waals surface area contributed by atoms with E-state index in [0.29, 0.717) is 0 Å². The first-order valence-electron chi connectivity index (χ1n) is 4.03. The largest absolute Gasteiger partial charge is 0.332 e. The van der Waals surface area contributed by atoms with E-state index in [-0.39, 0.29) is 5.82 Å². The van der Waals surface area contributed by atoms with Gasteiger partial charge < -0.3 is 4.57 Å². The van der Waals surface area contributed by atoms with Gasteiger partial charge in [-0.2, -0.15) is 5.26 Å². The predicted octanol–water partition coefficient (Wildman–Crippen LogP) is 1.73. The van der Waals surface area contributed by atoms with Gasteiger partial charge in [0.05, 0.1) is 0 Å². The zero-order chi connectivity index (χ0) is 10.1. The van der Waals surface area contributed by atoms with Crippen LogP contribution in [0.15, 0.2) is 12.3 Å². The molecule has 0 aliphatic rings. The fourth-order valence-electron chi connectivity index (χ4n) is 1.35. The summed E-state index contributed by atoms with van der Waals surface area (Å²) >= 11 is 3.39. The van der Waals surface area contributed by atoms with Crippen molar-refractivity contribution < 1.29 is 0 Å². The summed E-state index contributed by atoms with van der Waals surface area (Å²) in [4.78, 5) is 8.05. The van der Waals surface area contributed by atoms with Crippen LogP contribution in [0.25, 0.3) is 11.0 Å². The Bertz CT molecular complexity index is 523. The number of hydrogen-bond donors (Lipinski definition) is 0. The highest BCUT2D eigenvalue weighted by molar-refractivity contribution is 9.08. The molecule has 0 amide bonds. The molecule has 2 aromatic rings. The molecule has 0 atom stereocenters. The molecule has 0 spiro atoms. The lowest BCUT2D eigenvalue weighted by Gasteiger charge is -1.98. The van der Waals surface area contributed by atoms with Crippen LogP contribution in [0.3, 0.4) is 0 Å². The van der Waals surface area contributed by atoms with E-state index in [1.165, 1.54) is 0 Å². The van der Waals surface area contributed by atoms with E-state index in [0.717, 1.165) is 22.1 Å². The van der Waals surface area contributed by atoms with Gasteiger partial charge in [-0.25, -0.2) is 9.97 Å². The molecule has 0 aromatic carbocycles. The van der Waals surface area contributed by atoms with Gasteiger partial charge in [-0.05, 0) is 6.07 Å². The molecule has 0 radical (unpaired) electrons. The van der Waals surface area contributed by atoms with Gasteiger partial charge in [-0.1, -0.05) is 15.9 Å². The van der Waals surface area contributed by atoms with E-state index in [1.807, 2.05) is 23.8 Å².